The molecule has 8 heteroatoms. The molecule has 0 spiro atoms. The summed E-state index contributed by atoms with van der Waals surface area (Å²) in [7, 11) is 2.71. The third kappa shape index (κ3) is 6.43. The first kappa shape index (κ1) is 21.1. The fraction of sp³-hybridized carbons (Fsp3) is 0.529. The average Bonchev–Trinajstić information content (AvgIpc) is 2.55. The second kappa shape index (κ2) is 10.1. The molecule has 0 saturated carbocycles. The van der Waals surface area contributed by atoms with Gasteiger partial charge in [-0.15, -0.1) is 0 Å². The molecule has 25 heavy (non-hydrogen) atoms. The molecule has 1 amide bonds. The lowest BCUT2D eigenvalue weighted by Crippen LogP contribution is -2.37. The minimum absolute atomic E-state index is 0.169. The third-order valence-corrected chi connectivity index (χ3v) is 3.72. The lowest BCUT2D eigenvalue weighted by Gasteiger charge is -2.15. The Morgan fingerprint density at radius 2 is 1.96 bits per heavy atom. The molecule has 0 heterocycles. The molecule has 1 aromatic carbocycles. The zero-order valence-corrected chi connectivity index (χ0v) is 15.6. The number of rotatable bonds is 10. The van der Waals surface area contributed by atoms with Gasteiger partial charge < -0.3 is 24.6 Å². The molecule has 0 aliphatic heterocycles. The molecule has 0 aliphatic rings. The van der Waals surface area contributed by atoms with Crippen LogP contribution >= 0.6 is 11.6 Å². The van der Waals surface area contributed by atoms with E-state index < -0.39 is 18.0 Å². The molecular formula is C17H24ClNO6. The maximum atomic E-state index is 12.2. The Hall–Kier alpha value is -1.99. The number of carbonyl (C=O) groups is 2. The Labute approximate surface area is 152 Å². The smallest absolute Gasteiger partial charge is 0.334 e. The van der Waals surface area contributed by atoms with Gasteiger partial charge >= 0.3 is 5.97 Å². The molecule has 1 unspecified atom stereocenters. The van der Waals surface area contributed by atoms with Gasteiger partial charge in [-0.2, -0.15) is 0 Å². The summed E-state index contributed by atoms with van der Waals surface area (Å²) in [6, 6.07) is 2.95. The molecule has 0 bridgehead atoms. The van der Waals surface area contributed by atoms with E-state index in [2.05, 4.69) is 19.2 Å². The third-order valence-electron chi connectivity index (χ3n) is 3.44. The van der Waals surface area contributed by atoms with Crippen molar-refractivity contribution in [1.82, 2.24) is 5.32 Å². The van der Waals surface area contributed by atoms with Crippen LogP contribution in [0.25, 0.3) is 0 Å². The van der Waals surface area contributed by atoms with E-state index in [1.807, 2.05) is 0 Å². The Balaban J connectivity index is 2.85. The molecular weight excluding hydrogens is 350 g/mol. The summed E-state index contributed by atoms with van der Waals surface area (Å²) in [5, 5.41) is 11.6. The van der Waals surface area contributed by atoms with Gasteiger partial charge in [0.15, 0.2) is 17.6 Å². The highest BCUT2D eigenvalue weighted by Crippen LogP contribution is 2.36. The number of methoxy groups -OCH3 is 2. The maximum absolute atomic E-state index is 12.2. The highest BCUT2D eigenvalue weighted by molar-refractivity contribution is 6.32. The van der Waals surface area contributed by atoms with Gasteiger partial charge in [0.25, 0.3) is 5.91 Å². The normalized spacial score (nSPS) is 11.9. The molecule has 0 saturated heterocycles. The number of halogens is 1. The van der Waals surface area contributed by atoms with Crippen molar-refractivity contribution in [2.75, 3.05) is 27.4 Å². The standard InChI is InChI=1S/C17H24ClNO6/c1-10(2)5-6-25-15-12(18)7-11(8-13(15)23-3)16(20)19-9-14(24-4)17(21)22/h7-8,10,14H,5-6,9H2,1-4H3,(H,19,20)(H,21,22). The predicted molar refractivity (Wildman–Crippen MR) is 93.7 cm³/mol. The highest BCUT2D eigenvalue weighted by Gasteiger charge is 2.20. The Kier molecular flexibility index (Phi) is 8.51. The molecule has 2 N–H and O–H groups in total. The number of amides is 1. The van der Waals surface area contributed by atoms with E-state index in [1.165, 1.54) is 26.4 Å². The van der Waals surface area contributed by atoms with Gasteiger partial charge in [-0.1, -0.05) is 25.4 Å². The molecule has 0 fully saturated rings. The van der Waals surface area contributed by atoms with Crippen molar-refractivity contribution in [3.05, 3.63) is 22.7 Å². The molecule has 7 nitrogen and oxygen atoms in total. The summed E-state index contributed by atoms with van der Waals surface area (Å²) in [6.45, 7) is 4.48. The fourth-order valence-corrected chi connectivity index (χ4v) is 2.21. The Morgan fingerprint density at radius 3 is 2.48 bits per heavy atom. The van der Waals surface area contributed by atoms with E-state index in [-0.39, 0.29) is 17.1 Å². The van der Waals surface area contributed by atoms with Crippen LogP contribution in [0.15, 0.2) is 12.1 Å². The van der Waals surface area contributed by atoms with E-state index in [4.69, 9.17) is 30.9 Å². The number of ether oxygens (including phenoxy) is 3. The lowest BCUT2D eigenvalue weighted by atomic mass is 10.1. The zero-order valence-electron chi connectivity index (χ0n) is 14.8. The van der Waals surface area contributed by atoms with Crippen molar-refractivity contribution in [1.29, 1.82) is 0 Å². The number of benzene rings is 1. The van der Waals surface area contributed by atoms with Gasteiger partial charge in [-0.3, -0.25) is 4.79 Å². The summed E-state index contributed by atoms with van der Waals surface area (Å²) in [5.74, 6) is -0.452. The van der Waals surface area contributed by atoms with Gasteiger partial charge in [-0.25, -0.2) is 4.79 Å². The van der Waals surface area contributed by atoms with Gasteiger partial charge in [-0.05, 0) is 24.5 Å². The van der Waals surface area contributed by atoms with Crippen molar-refractivity contribution in [3.63, 3.8) is 0 Å². The topological polar surface area (TPSA) is 94.1 Å². The first-order valence-corrected chi connectivity index (χ1v) is 8.22. The van der Waals surface area contributed by atoms with Crippen molar-refractivity contribution < 1.29 is 28.9 Å². The molecule has 0 aliphatic carbocycles. The first-order valence-electron chi connectivity index (χ1n) is 7.84. The van der Waals surface area contributed by atoms with Crippen LogP contribution in [0.4, 0.5) is 0 Å². The maximum Gasteiger partial charge on any atom is 0.334 e. The van der Waals surface area contributed by atoms with Crippen LogP contribution in [-0.2, 0) is 9.53 Å². The van der Waals surface area contributed by atoms with Crippen molar-refractivity contribution >= 4 is 23.5 Å². The minimum atomic E-state index is -1.16. The van der Waals surface area contributed by atoms with Crippen LogP contribution in [0.1, 0.15) is 30.6 Å². The average molecular weight is 374 g/mol. The number of hydrogen-bond donors (Lipinski definition) is 2. The van der Waals surface area contributed by atoms with Crippen molar-refractivity contribution in [3.8, 4) is 11.5 Å². The van der Waals surface area contributed by atoms with Crippen LogP contribution in [0.5, 0.6) is 11.5 Å². The highest BCUT2D eigenvalue weighted by atomic mass is 35.5. The monoisotopic (exact) mass is 373 g/mol. The molecule has 0 aromatic heterocycles. The molecule has 1 atom stereocenters. The van der Waals surface area contributed by atoms with Crippen LogP contribution < -0.4 is 14.8 Å². The van der Waals surface area contributed by atoms with E-state index in [0.29, 0.717) is 24.0 Å². The molecule has 1 rings (SSSR count). The minimum Gasteiger partial charge on any atom is -0.493 e. The van der Waals surface area contributed by atoms with E-state index in [0.717, 1.165) is 6.42 Å². The largest absolute Gasteiger partial charge is 0.493 e. The first-order chi connectivity index (χ1) is 11.8. The van der Waals surface area contributed by atoms with E-state index in [9.17, 15) is 9.59 Å². The zero-order chi connectivity index (χ0) is 19.0. The number of carboxylic acids is 1. The lowest BCUT2D eigenvalue weighted by molar-refractivity contribution is -0.148. The quantitative estimate of drug-likeness (QED) is 0.654. The molecule has 1 aromatic rings. The summed E-state index contributed by atoms with van der Waals surface area (Å²) >= 11 is 6.21. The van der Waals surface area contributed by atoms with Crippen LogP contribution in [-0.4, -0.2) is 50.5 Å². The number of nitrogens with one attached hydrogen (secondary N) is 1. The van der Waals surface area contributed by atoms with Crippen LogP contribution in [0.2, 0.25) is 5.02 Å². The second-order valence-corrected chi connectivity index (χ2v) is 6.20. The molecule has 0 radical (unpaired) electrons. The van der Waals surface area contributed by atoms with E-state index >= 15 is 0 Å². The summed E-state index contributed by atoms with van der Waals surface area (Å²) < 4.78 is 15.7. The number of carbonyl (C=O) groups excluding carboxylic acids is 1. The number of aliphatic carboxylic acids is 1. The van der Waals surface area contributed by atoms with Crippen LogP contribution in [0, 0.1) is 5.92 Å². The second-order valence-electron chi connectivity index (χ2n) is 5.79. The number of hydrogen-bond acceptors (Lipinski definition) is 5. The van der Waals surface area contributed by atoms with Crippen molar-refractivity contribution in [2.24, 2.45) is 5.92 Å². The van der Waals surface area contributed by atoms with Crippen LogP contribution in [0.3, 0.4) is 0 Å². The summed E-state index contributed by atoms with van der Waals surface area (Å²) in [6.07, 6.45) is -0.269. The van der Waals surface area contributed by atoms with Crippen molar-refractivity contribution in [2.45, 2.75) is 26.4 Å². The molecule has 140 valence electrons. The van der Waals surface area contributed by atoms with E-state index in [1.54, 1.807) is 0 Å². The predicted octanol–water partition coefficient (Wildman–Crippen LogP) is 2.60. The SMILES string of the molecule is COc1cc(C(=O)NCC(OC)C(=O)O)cc(Cl)c1OCCC(C)C. The Morgan fingerprint density at radius 1 is 1.28 bits per heavy atom. The Bertz CT molecular complexity index is 605. The van der Waals surface area contributed by atoms with Gasteiger partial charge in [0, 0.05) is 12.7 Å². The summed E-state index contributed by atoms with van der Waals surface area (Å²) in [4.78, 5) is 23.1. The van der Waals surface area contributed by atoms with Gasteiger partial charge in [0.05, 0.1) is 25.3 Å². The van der Waals surface area contributed by atoms with Gasteiger partial charge in [0.2, 0.25) is 0 Å². The fourth-order valence-electron chi connectivity index (χ4n) is 1.95. The number of carboxylic acid groups (broad SMARTS) is 1. The van der Waals surface area contributed by atoms with Gasteiger partial charge in [0.1, 0.15) is 0 Å². The summed E-state index contributed by atoms with van der Waals surface area (Å²) in [5.41, 5.74) is 0.235.